The summed E-state index contributed by atoms with van der Waals surface area (Å²) in [5, 5.41) is 14.1. The maximum Gasteiger partial charge on any atom is 0.255 e. The molecule has 2 heterocycles. The van der Waals surface area contributed by atoms with Crippen LogP contribution in [0.2, 0.25) is 5.02 Å². The minimum atomic E-state index is -0.262. The van der Waals surface area contributed by atoms with E-state index in [0.717, 1.165) is 19.4 Å². The second kappa shape index (κ2) is 6.93. The molecule has 0 spiro atoms. The number of nitrogens with one attached hydrogen (secondary N) is 1. The van der Waals surface area contributed by atoms with E-state index in [9.17, 15) is 4.79 Å². The zero-order valence-electron chi connectivity index (χ0n) is 12.5. The van der Waals surface area contributed by atoms with E-state index < -0.39 is 0 Å². The van der Waals surface area contributed by atoms with E-state index >= 15 is 0 Å². The molecule has 1 aromatic heterocycles. The molecule has 1 fully saturated rings. The number of methoxy groups -OCH3 is 1. The molecule has 1 aliphatic heterocycles. The van der Waals surface area contributed by atoms with Gasteiger partial charge in [0.25, 0.3) is 5.91 Å². The summed E-state index contributed by atoms with van der Waals surface area (Å²) in [5.74, 6) is 0.132. The first kappa shape index (κ1) is 15.7. The van der Waals surface area contributed by atoms with Crippen molar-refractivity contribution in [1.29, 1.82) is 0 Å². The Morgan fingerprint density at radius 2 is 2.43 bits per heavy atom. The predicted octanol–water partition coefficient (Wildman–Crippen LogP) is 1.23. The average molecular weight is 338 g/mol. The first-order valence-corrected chi connectivity index (χ1v) is 7.57. The Morgan fingerprint density at radius 1 is 1.57 bits per heavy atom. The number of benzene rings is 1. The highest BCUT2D eigenvalue weighted by atomic mass is 35.5. The number of hydrogen-bond donors (Lipinski definition) is 1. The predicted molar refractivity (Wildman–Crippen MR) is 82.0 cm³/mol. The van der Waals surface area contributed by atoms with Gasteiger partial charge in [0.1, 0.15) is 12.1 Å². The second-order valence-corrected chi connectivity index (χ2v) is 5.51. The maximum absolute atomic E-state index is 12.4. The Kier molecular flexibility index (Phi) is 4.73. The number of tetrazole rings is 1. The monoisotopic (exact) mass is 337 g/mol. The van der Waals surface area contributed by atoms with Crippen LogP contribution < -0.4 is 10.1 Å². The summed E-state index contributed by atoms with van der Waals surface area (Å²) in [6.45, 7) is 1.21. The molecule has 3 rings (SSSR count). The number of hydrogen-bond acceptors (Lipinski definition) is 6. The lowest BCUT2D eigenvalue weighted by Gasteiger charge is -2.14. The van der Waals surface area contributed by atoms with Crippen molar-refractivity contribution in [3.63, 3.8) is 0 Å². The maximum atomic E-state index is 12.4. The lowest BCUT2D eigenvalue weighted by atomic mass is 10.1. The fourth-order valence-corrected chi connectivity index (χ4v) is 2.69. The van der Waals surface area contributed by atoms with Crippen molar-refractivity contribution < 1.29 is 14.3 Å². The Bertz CT molecular complexity index is 686. The molecule has 23 heavy (non-hydrogen) atoms. The number of halogens is 1. The van der Waals surface area contributed by atoms with E-state index in [1.807, 2.05) is 0 Å². The number of aromatic nitrogens is 4. The molecule has 1 N–H and O–H groups in total. The third-order valence-electron chi connectivity index (χ3n) is 3.62. The van der Waals surface area contributed by atoms with Crippen LogP contribution >= 0.6 is 11.6 Å². The van der Waals surface area contributed by atoms with Gasteiger partial charge in [0, 0.05) is 19.2 Å². The summed E-state index contributed by atoms with van der Waals surface area (Å²) < 4.78 is 12.2. The summed E-state index contributed by atoms with van der Waals surface area (Å²) >= 11 is 6.24. The van der Waals surface area contributed by atoms with Crippen LogP contribution in [0.15, 0.2) is 18.5 Å². The smallest absolute Gasteiger partial charge is 0.255 e. The number of rotatable bonds is 5. The summed E-state index contributed by atoms with van der Waals surface area (Å²) in [7, 11) is 1.49. The van der Waals surface area contributed by atoms with Gasteiger partial charge in [0.15, 0.2) is 0 Å². The van der Waals surface area contributed by atoms with Crippen molar-refractivity contribution in [3.05, 3.63) is 29.0 Å². The van der Waals surface area contributed by atoms with E-state index in [0.29, 0.717) is 28.6 Å². The van der Waals surface area contributed by atoms with Crippen molar-refractivity contribution in [2.45, 2.75) is 18.9 Å². The van der Waals surface area contributed by atoms with Crippen LogP contribution in [0, 0.1) is 0 Å². The first-order valence-electron chi connectivity index (χ1n) is 7.19. The molecule has 0 aliphatic carbocycles. The summed E-state index contributed by atoms with van der Waals surface area (Å²) in [5.41, 5.74) is 0.886. The molecule has 0 bridgehead atoms. The van der Waals surface area contributed by atoms with Gasteiger partial charge in [-0.3, -0.25) is 4.79 Å². The van der Waals surface area contributed by atoms with Crippen LogP contribution in [-0.4, -0.2) is 52.5 Å². The van der Waals surface area contributed by atoms with Crippen LogP contribution in [0.3, 0.4) is 0 Å². The third kappa shape index (κ3) is 3.43. The Balaban J connectivity index is 1.80. The minimum absolute atomic E-state index is 0.0703. The lowest BCUT2D eigenvalue weighted by molar-refractivity contribution is 0.0855. The van der Waals surface area contributed by atoms with Crippen LogP contribution in [0.1, 0.15) is 23.2 Å². The fourth-order valence-electron chi connectivity index (χ4n) is 2.44. The summed E-state index contributed by atoms with van der Waals surface area (Å²) in [6.07, 6.45) is 3.46. The standard InChI is InChI=1S/C14H16ClN5O3/c1-22-13-6-12(20-8-17-18-19-20)11(15)5-10(13)14(21)16-7-9-3-2-4-23-9/h5-6,8-9H,2-4,7H2,1H3,(H,16,21)/t9-/m1/s1. The van der Waals surface area contributed by atoms with Gasteiger partial charge in [-0.15, -0.1) is 5.10 Å². The highest BCUT2D eigenvalue weighted by molar-refractivity contribution is 6.33. The minimum Gasteiger partial charge on any atom is -0.496 e. The number of carbonyl (C=O) groups is 1. The molecule has 9 heteroatoms. The van der Waals surface area contributed by atoms with E-state index in [4.69, 9.17) is 21.1 Å². The molecule has 0 radical (unpaired) electrons. The van der Waals surface area contributed by atoms with E-state index in [1.54, 1.807) is 12.1 Å². The molecule has 1 atom stereocenters. The van der Waals surface area contributed by atoms with Crippen molar-refractivity contribution in [3.8, 4) is 11.4 Å². The molecular formula is C14H16ClN5O3. The van der Waals surface area contributed by atoms with Crippen LogP contribution in [0.25, 0.3) is 5.69 Å². The quantitative estimate of drug-likeness (QED) is 0.882. The van der Waals surface area contributed by atoms with Gasteiger partial charge in [-0.2, -0.15) is 4.68 Å². The molecule has 1 aliphatic rings. The Hall–Kier alpha value is -2.19. The molecular weight excluding hydrogens is 322 g/mol. The first-order chi connectivity index (χ1) is 11.2. The van der Waals surface area contributed by atoms with E-state index in [2.05, 4.69) is 20.8 Å². The van der Waals surface area contributed by atoms with Crippen molar-refractivity contribution in [2.24, 2.45) is 0 Å². The van der Waals surface area contributed by atoms with Crippen LogP contribution in [0.5, 0.6) is 5.75 Å². The average Bonchev–Trinajstić information content (AvgIpc) is 3.25. The van der Waals surface area contributed by atoms with Gasteiger partial charge < -0.3 is 14.8 Å². The van der Waals surface area contributed by atoms with Crippen molar-refractivity contribution >= 4 is 17.5 Å². The zero-order chi connectivity index (χ0) is 16.2. The third-order valence-corrected chi connectivity index (χ3v) is 3.93. The topological polar surface area (TPSA) is 91.2 Å². The molecule has 122 valence electrons. The molecule has 8 nitrogen and oxygen atoms in total. The molecule has 2 aromatic rings. The molecule has 1 saturated heterocycles. The van der Waals surface area contributed by atoms with Gasteiger partial charge >= 0.3 is 0 Å². The molecule has 1 amide bonds. The number of ether oxygens (including phenoxy) is 2. The molecule has 0 unspecified atom stereocenters. The highest BCUT2D eigenvalue weighted by Gasteiger charge is 2.20. The van der Waals surface area contributed by atoms with E-state index in [1.165, 1.54) is 18.1 Å². The van der Waals surface area contributed by atoms with Crippen molar-refractivity contribution in [1.82, 2.24) is 25.5 Å². The molecule has 1 aromatic carbocycles. The fraction of sp³-hybridized carbons (Fsp3) is 0.429. The summed E-state index contributed by atoms with van der Waals surface area (Å²) in [4.78, 5) is 12.4. The van der Waals surface area contributed by atoms with E-state index in [-0.39, 0.29) is 12.0 Å². The van der Waals surface area contributed by atoms with Gasteiger partial charge in [-0.05, 0) is 29.3 Å². The highest BCUT2D eigenvalue weighted by Crippen LogP contribution is 2.29. The molecule has 0 saturated carbocycles. The second-order valence-electron chi connectivity index (χ2n) is 5.10. The van der Waals surface area contributed by atoms with Crippen LogP contribution in [0.4, 0.5) is 0 Å². The van der Waals surface area contributed by atoms with Gasteiger partial charge in [0.05, 0.1) is 29.5 Å². The largest absolute Gasteiger partial charge is 0.496 e. The Morgan fingerprint density at radius 3 is 3.09 bits per heavy atom. The Labute approximate surface area is 137 Å². The lowest BCUT2D eigenvalue weighted by Crippen LogP contribution is -2.32. The zero-order valence-corrected chi connectivity index (χ0v) is 13.3. The van der Waals surface area contributed by atoms with Gasteiger partial charge in [0.2, 0.25) is 0 Å². The number of amides is 1. The normalized spacial score (nSPS) is 17.2. The number of carbonyl (C=O) groups excluding carboxylic acids is 1. The van der Waals surface area contributed by atoms with Gasteiger partial charge in [-0.25, -0.2) is 0 Å². The summed E-state index contributed by atoms with van der Waals surface area (Å²) in [6, 6.07) is 3.17. The number of nitrogens with zero attached hydrogens (tertiary/aromatic N) is 4. The SMILES string of the molecule is COc1cc(-n2cnnn2)c(Cl)cc1C(=O)NC[C@H]1CCCO1. The van der Waals surface area contributed by atoms with Crippen LogP contribution in [-0.2, 0) is 4.74 Å². The van der Waals surface area contributed by atoms with Gasteiger partial charge in [-0.1, -0.05) is 11.6 Å². The van der Waals surface area contributed by atoms with Crippen molar-refractivity contribution in [2.75, 3.05) is 20.3 Å².